The summed E-state index contributed by atoms with van der Waals surface area (Å²) < 4.78 is 0. The van der Waals surface area contributed by atoms with Gasteiger partial charge in [0.15, 0.2) is 0 Å². The van der Waals surface area contributed by atoms with Crippen molar-refractivity contribution in [3.8, 4) is 0 Å². The summed E-state index contributed by atoms with van der Waals surface area (Å²) in [5.41, 5.74) is 9.86. The Hall–Kier alpha value is -1.44. The standard InChI is InChI=1S/C9H10N2.C2H6/c1-6-9-7(5-11-6)3-2-4-8(9)10;1-2/h2-4,11H,1,5,10H2;1-2H3. The van der Waals surface area contributed by atoms with Gasteiger partial charge in [0.1, 0.15) is 0 Å². The highest BCUT2D eigenvalue weighted by molar-refractivity contribution is 5.77. The lowest BCUT2D eigenvalue weighted by Gasteiger charge is -2.01. The molecule has 1 aromatic rings. The van der Waals surface area contributed by atoms with E-state index >= 15 is 0 Å². The smallest absolute Gasteiger partial charge is 0.0411 e. The summed E-state index contributed by atoms with van der Waals surface area (Å²) in [5.74, 6) is 0. The molecular weight excluding hydrogens is 160 g/mol. The molecule has 0 saturated heterocycles. The summed E-state index contributed by atoms with van der Waals surface area (Å²) in [4.78, 5) is 0. The van der Waals surface area contributed by atoms with Crippen LogP contribution in [0.1, 0.15) is 25.0 Å². The van der Waals surface area contributed by atoms with Gasteiger partial charge in [-0.05, 0) is 11.6 Å². The quantitative estimate of drug-likeness (QED) is 0.595. The Labute approximate surface area is 79.5 Å². The number of benzene rings is 1. The summed E-state index contributed by atoms with van der Waals surface area (Å²) in [6.07, 6.45) is 0. The summed E-state index contributed by atoms with van der Waals surface area (Å²) in [5, 5.41) is 3.15. The predicted octanol–water partition coefficient (Wildman–Crippen LogP) is 2.37. The van der Waals surface area contributed by atoms with Gasteiger partial charge in [-0.25, -0.2) is 0 Å². The molecule has 1 heterocycles. The maximum atomic E-state index is 5.76. The first-order valence-electron chi connectivity index (χ1n) is 4.59. The van der Waals surface area contributed by atoms with E-state index in [-0.39, 0.29) is 0 Å². The molecule has 0 radical (unpaired) electrons. The highest BCUT2D eigenvalue weighted by Crippen LogP contribution is 2.27. The molecule has 2 rings (SSSR count). The van der Waals surface area contributed by atoms with Crippen molar-refractivity contribution in [2.75, 3.05) is 5.73 Å². The molecular formula is C11H16N2. The fraction of sp³-hybridized carbons (Fsp3) is 0.273. The molecule has 1 aliphatic heterocycles. The summed E-state index contributed by atoms with van der Waals surface area (Å²) in [6, 6.07) is 5.93. The van der Waals surface area contributed by atoms with Crippen LogP contribution >= 0.6 is 0 Å². The second kappa shape index (κ2) is 3.99. The van der Waals surface area contributed by atoms with Crippen LogP contribution in [0.25, 0.3) is 5.70 Å². The van der Waals surface area contributed by atoms with E-state index in [0.717, 1.165) is 23.5 Å². The van der Waals surface area contributed by atoms with Crippen molar-refractivity contribution < 1.29 is 0 Å². The fourth-order valence-corrected chi connectivity index (χ4v) is 1.43. The van der Waals surface area contributed by atoms with Crippen LogP contribution < -0.4 is 11.1 Å². The molecule has 0 amide bonds. The molecule has 70 valence electrons. The Kier molecular flexibility index (Phi) is 2.96. The molecule has 0 unspecified atom stereocenters. The van der Waals surface area contributed by atoms with Gasteiger partial charge in [0.25, 0.3) is 0 Å². The molecule has 0 aliphatic carbocycles. The predicted molar refractivity (Wildman–Crippen MR) is 58.1 cm³/mol. The van der Waals surface area contributed by atoms with Crippen molar-refractivity contribution in [3.05, 3.63) is 35.9 Å². The number of anilines is 1. The van der Waals surface area contributed by atoms with Crippen LogP contribution in [0.2, 0.25) is 0 Å². The molecule has 0 fully saturated rings. The monoisotopic (exact) mass is 176 g/mol. The first kappa shape index (κ1) is 9.65. The zero-order chi connectivity index (χ0) is 9.84. The number of nitrogens with one attached hydrogen (secondary N) is 1. The second-order valence-corrected chi connectivity index (χ2v) is 2.71. The highest BCUT2D eigenvalue weighted by atomic mass is 14.9. The molecule has 2 heteroatoms. The molecule has 0 atom stereocenters. The lowest BCUT2D eigenvalue weighted by molar-refractivity contribution is 0.946. The van der Waals surface area contributed by atoms with Gasteiger partial charge >= 0.3 is 0 Å². The average molecular weight is 176 g/mol. The molecule has 0 spiro atoms. The summed E-state index contributed by atoms with van der Waals surface area (Å²) in [7, 11) is 0. The van der Waals surface area contributed by atoms with Gasteiger partial charge in [0, 0.05) is 23.5 Å². The summed E-state index contributed by atoms with van der Waals surface area (Å²) in [6.45, 7) is 8.73. The Bertz CT molecular complexity index is 316. The normalized spacial score (nSPS) is 12.6. The van der Waals surface area contributed by atoms with Crippen molar-refractivity contribution in [3.63, 3.8) is 0 Å². The van der Waals surface area contributed by atoms with Crippen molar-refractivity contribution in [1.82, 2.24) is 5.32 Å². The van der Waals surface area contributed by atoms with Crippen LogP contribution in [-0.2, 0) is 6.54 Å². The van der Waals surface area contributed by atoms with Crippen molar-refractivity contribution in [2.45, 2.75) is 20.4 Å². The zero-order valence-corrected chi connectivity index (χ0v) is 8.22. The Balaban J connectivity index is 0.000000396. The van der Waals surface area contributed by atoms with E-state index in [1.165, 1.54) is 5.56 Å². The van der Waals surface area contributed by atoms with Gasteiger partial charge in [-0.3, -0.25) is 0 Å². The molecule has 0 aromatic heterocycles. The second-order valence-electron chi connectivity index (χ2n) is 2.71. The Morgan fingerprint density at radius 1 is 1.38 bits per heavy atom. The third-order valence-electron chi connectivity index (χ3n) is 1.98. The Morgan fingerprint density at radius 2 is 2.08 bits per heavy atom. The lowest BCUT2D eigenvalue weighted by Crippen LogP contribution is -1.99. The lowest BCUT2D eigenvalue weighted by atomic mass is 10.1. The van der Waals surface area contributed by atoms with Gasteiger partial charge in [0.2, 0.25) is 0 Å². The SMILES string of the molecule is C=C1NCc2cccc(N)c21.CC. The van der Waals surface area contributed by atoms with Gasteiger partial charge in [-0.15, -0.1) is 0 Å². The molecule has 0 bridgehead atoms. The van der Waals surface area contributed by atoms with Crippen LogP contribution in [0.5, 0.6) is 0 Å². The molecule has 1 aromatic carbocycles. The van der Waals surface area contributed by atoms with E-state index in [0.29, 0.717) is 0 Å². The molecule has 0 saturated carbocycles. The Morgan fingerprint density at radius 3 is 2.69 bits per heavy atom. The first-order chi connectivity index (χ1) is 6.29. The average Bonchev–Trinajstić information content (AvgIpc) is 2.53. The van der Waals surface area contributed by atoms with E-state index in [1.54, 1.807) is 0 Å². The van der Waals surface area contributed by atoms with E-state index in [9.17, 15) is 0 Å². The first-order valence-corrected chi connectivity index (χ1v) is 4.59. The van der Waals surface area contributed by atoms with E-state index < -0.39 is 0 Å². The third-order valence-corrected chi connectivity index (χ3v) is 1.98. The van der Waals surface area contributed by atoms with Crippen molar-refractivity contribution in [2.24, 2.45) is 0 Å². The minimum atomic E-state index is 0.817. The molecule has 1 aliphatic rings. The van der Waals surface area contributed by atoms with Gasteiger partial charge in [-0.2, -0.15) is 0 Å². The maximum absolute atomic E-state index is 5.76. The van der Waals surface area contributed by atoms with E-state index in [1.807, 2.05) is 26.0 Å². The number of rotatable bonds is 0. The molecule has 3 N–H and O–H groups in total. The third kappa shape index (κ3) is 1.66. The minimum Gasteiger partial charge on any atom is -0.398 e. The van der Waals surface area contributed by atoms with Crippen molar-refractivity contribution in [1.29, 1.82) is 0 Å². The van der Waals surface area contributed by atoms with Crippen molar-refractivity contribution >= 4 is 11.4 Å². The van der Waals surface area contributed by atoms with Crippen LogP contribution in [-0.4, -0.2) is 0 Å². The zero-order valence-electron chi connectivity index (χ0n) is 8.22. The van der Waals surface area contributed by atoms with Crippen LogP contribution in [0.4, 0.5) is 5.69 Å². The fourth-order valence-electron chi connectivity index (χ4n) is 1.43. The number of hydrogen-bond donors (Lipinski definition) is 2. The largest absolute Gasteiger partial charge is 0.398 e. The number of hydrogen-bond acceptors (Lipinski definition) is 2. The maximum Gasteiger partial charge on any atom is 0.0411 e. The number of nitrogen functional groups attached to an aromatic ring is 1. The summed E-state index contributed by atoms with van der Waals surface area (Å²) >= 11 is 0. The number of nitrogens with two attached hydrogens (primary N) is 1. The molecule has 2 nitrogen and oxygen atoms in total. The number of fused-ring (bicyclic) bond motifs is 1. The topological polar surface area (TPSA) is 38.0 Å². The minimum absolute atomic E-state index is 0.817. The van der Waals surface area contributed by atoms with Crippen LogP contribution in [0, 0.1) is 0 Å². The van der Waals surface area contributed by atoms with Crippen LogP contribution in [0.3, 0.4) is 0 Å². The van der Waals surface area contributed by atoms with E-state index in [4.69, 9.17) is 5.73 Å². The van der Waals surface area contributed by atoms with E-state index in [2.05, 4.69) is 18.0 Å². The highest BCUT2D eigenvalue weighted by Gasteiger charge is 2.14. The molecule has 13 heavy (non-hydrogen) atoms. The van der Waals surface area contributed by atoms with Crippen LogP contribution in [0.15, 0.2) is 24.8 Å². The van der Waals surface area contributed by atoms with Gasteiger partial charge in [-0.1, -0.05) is 32.6 Å². The van der Waals surface area contributed by atoms with Gasteiger partial charge in [0.05, 0.1) is 0 Å². The van der Waals surface area contributed by atoms with Gasteiger partial charge < -0.3 is 11.1 Å².